The third kappa shape index (κ3) is 4.80. The molecule has 2 heterocycles. The van der Waals surface area contributed by atoms with Gasteiger partial charge in [-0.3, -0.25) is 14.6 Å². The minimum absolute atomic E-state index is 0.197. The standard InChI is InChI=1S/C27H24ClF2N3O2/c28-19-5-10-22-23(16-31-24(22)15-19)26(27(34)35)33-13-11-32(12-14-33)25(17-1-6-20(29)7-2-17)18-3-8-21(30)9-4-18/h1-10,15-16,25-26,31H,11-14H2,(H,34,35)/t26-/m0/s1. The summed E-state index contributed by atoms with van der Waals surface area (Å²) in [6.45, 7) is 2.24. The van der Waals surface area contributed by atoms with Crippen molar-refractivity contribution >= 4 is 28.5 Å². The van der Waals surface area contributed by atoms with E-state index in [1.807, 2.05) is 11.0 Å². The van der Waals surface area contributed by atoms with E-state index < -0.39 is 12.0 Å². The summed E-state index contributed by atoms with van der Waals surface area (Å²) < 4.78 is 27.2. The molecule has 0 aliphatic carbocycles. The fraction of sp³-hybridized carbons (Fsp3) is 0.222. The van der Waals surface area contributed by atoms with E-state index >= 15 is 0 Å². The highest BCUT2D eigenvalue weighted by atomic mass is 35.5. The Bertz CT molecular complexity index is 1290. The van der Waals surface area contributed by atoms with Crippen molar-refractivity contribution in [3.63, 3.8) is 0 Å². The van der Waals surface area contributed by atoms with Crippen molar-refractivity contribution in [1.82, 2.24) is 14.8 Å². The van der Waals surface area contributed by atoms with Crippen LogP contribution in [0, 0.1) is 11.6 Å². The van der Waals surface area contributed by atoms with Gasteiger partial charge in [-0.25, -0.2) is 8.78 Å². The number of carboxylic acids is 1. The molecular formula is C27H24ClF2N3O2. The van der Waals surface area contributed by atoms with Crippen LogP contribution in [0.5, 0.6) is 0 Å². The van der Waals surface area contributed by atoms with Crippen molar-refractivity contribution in [2.45, 2.75) is 12.1 Å². The predicted octanol–water partition coefficient (Wildman–Crippen LogP) is 5.63. The van der Waals surface area contributed by atoms with Crippen LogP contribution in [0.1, 0.15) is 28.8 Å². The Morgan fingerprint density at radius 2 is 1.40 bits per heavy atom. The zero-order chi connectivity index (χ0) is 24.5. The van der Waals surface area contributed by atoms with Gasteiger partial charge in [0.1, 0.15) is 17.7 Å². The number of aromatic amines is 1. The number of benzene rings is 3. The molecule has 0 radical (unpaired) electrons. The third-order valence-electron chi connectivity index (χ3n) is 6.65. The monoisotopic (exact) mass is 495 g/mol. The maximum atomic E-state index is 13.6. The molecule has 0 bridgehead atoms. The minimum atomic E-state index is -0.914. The average Bonchev–Trinajstić information content (AvgIpc) is 3.25. The summed E-state index contributed by atoms with van der Waals surface area (Å²) in [4.78, 5) is 19.7. The maximum Gasteiger partial charge on any atom is 0.325 e. The normalized spacial score (nSPS) is 16.1. The lowest BCUT2D eigenvalue weighted by molar-refractivity contribution is -0.144. The highest BCUT2D eigenvalue weighted by Gasteiger charge is 2.34. The molecule has 5 rings (SSSR count). The van der Waals surface area contributed by atoms with Crippen LogP contribution in [0.25, 0.3) is 10.9 Å². The topological polar surface area (TPSA) is 59.6 Å². The number of fused-ring (bicyclic) bond motifs is 1. The average molecular weight is 496 g/mol. The first-order chi connectivity index (χ1) is 16.9. The molecule has 0 unspecified atom stereocenters. The quantitative estimate of drug-likeness (QED) is 0.364. The molecule has 8 heteroatoms. The lowest BCUT2D eigenvalue weighted by Crippen LogP contribution is -2.50. The van der Waals surface area contributed by atoms with E-state index in [1.54, 1.807) is 42.6 Å². The summed E-state index contributed by atoms with van der Waals surface area (Å²) >= 11 is 6.09. The summed E-state index contributed by atoms with van der Waals surface area (Å²) in [7, 11) is 0. The van der Waals surface area contributed by atoms with Crippen molar-refractivity contribution in [3.05, 3.63) is 106 Å². The summed E-state index contributed by atoms with van der Waals surface area (Å²) in [5, 5.41) is 11.5. The molecule has 1 aliphatic rings. The van der Waals surface area contributed by atoms with Gasteiger partial charge in [-0.15, -0.1) is 0 Å². The molecule has 1 atom stereocenters. The first-order valence-electron chi connectivity index (χ1n) is 11.4. The van der Waals surface area contributed by atoms with E-state index in [4.69, 9.17) is 11.6 Å². The molecular weight excluding hydrogens is 472 g/mol. The van der Waals surface area contributed by atoms with Crippen molar-refractivity contribution in [1.29, 1.82) is 0 Å². The molecule has 1 saturated heterocycles. The van der Waals surface area contributed by atoms with Crippen LogP contribution in [-0.2, 0) is 4.79 Å². The zero-order valence-corrected chi connectivity index (χ0v) is 19.6. The Labute approximate surface area is 206 Å². The predicted molar refractivity (Wildman–Crippen MR) is 131 cm³/mol. The van der Waals surface area contributed by atoms with E-state index in [2.05, 4.69) is 9.88 Å². The molecule has 0 amide bonds. The summed E-state index contributed by atoms with van der Waals surface area (Å²) in [6, 6.07) is 17.0. The van der Waals surface area contributed by atoms with Gasteiger partial charge in [0.15, 0.2) is 0 Å². The van der Waals surface area contributed by atoms with Crippen molar-refractivity contribution in [2.75, 3.05) is 26.2 Å². The second-order valence-electron chi connectivity index (χ2n) is 8.75. The summed E-state index contributed by atoms with van der Waals surface area (Å²) in [5.41, 5.74) is 3.29. The highest BCUT2D eigenvalue weighted by molar-refractivity contribution is 6.31. The first-order valence-corrected chi connectivity index (χ1v) is 11.8. The molecule has 2 N–H and O–H groups in total. The fourth-order valence-corrected chi connectivity index (χ4v) is 5.16. The molecule has 4 aromatic rings. The minimum Gasteiger partial charge on any atom is -0.480 e. The molecule has 3 aromatic carbocycles. The number of aliphatic carboxylic acids is 1. The number of hydrogen-bond donors (Lipinski definition) is 2. The number of rotatable bonds is 6. The molecule has 1 aromatic heterocycles. The van der Waals surface area contributed by atoms with Gasteiger partial charge in [0, 0.05) is 53.9 Å². The van der Waals surface area contributed by atoms with Crippen molar-refractivity contribution < 1.29 is 18.7 Å². The smallest absolute Gasteiger partial charge is 0.325 e. The van der Waals surface area contributed by atoms with Crippen LogP contribution < -0.4 is 0 Å². The molecule has 1 fully saturated rings. The van der Waals surface area contributed by atoms with Gasteiger partial charge in [-0.2, -0.15) is 0 Å². The van der Waals surface area contributed by atoms with Gasteiger partial charge in [-0.05, 0) is 47.5 Å². The summed E-state index contributed by atoms with van der Waals surface area (Å²) in [5.74, 6) is -1.55. The van der Waals surface area contributed by atoms with Gasteiger partial charge in [-0.1, -0.05) is 41.9 Å². The molecule has 35 heavy (non-hydrogen) atoms. The Morgan fingerprint density at radius 1 is 0.857 bits per heavy atom. The van der Waals surface area contributed by atoms with Gasteiger partial charge in [0.25, 0.3) is 0 Å². The number of H-pyrrole nitrogens is 1. The van der Waals surface area contributed by atoms with Crippen LogP contribution in [0.15, 0.2) is 72.9 Å². The highest BCUT2D eigenvalue weighted by Crippen LogP contribution is 2.34. The number of carbonyl (C=O) groups is 1. The molecule has 1 aliphatic heterocycles. The van der Waals surface area contributed by atoms with E-state index in [0.29, 0.717) is 36.8 Å². The number of halogens is 3. The molecule has 0 spiro atoms. The van der Waals surface area contributed by atoms with Crippen LogP contribution in [-0.4, -0.2) is 52.0 Å². The SMILES string of the molecule is O=C(O)[C@H](c1c[nH]c2cc(Cl)ccc12)N1CCN(C(c2ccc(F)cc2)c2ccc(F)cc2)CC1. The maximum absolute atomic E-state index is 13.6. The second-order valence-corrected chi connectivity index (χ2v) is 9.19. The van der Waals surface area contributed by atoms with E-state index in [1.165, 1.54) is 24.3 Å². The Morgan fingerprint density at radius 3 is 1.94 bits per heavy atom. The van der Waals surface area contributed by atoms with Gasteiger partial charge in [0.2, 0.25) is 0 Å². The van der Waals surface area contributed by atoms with Crippen molar-refractivity contribution in [3.8, 4) is 0 Å². The van der Waals surface area contributed by atoms with Crippen LogP contribution in [0.4, 0.5) is 8.78 Å². The first kappa shape index (κ1) is 23.5. The lowest BCUT2D eigenvalue weighted by atomic mass is 9.95. The van der Waals surface area contributed by atoms with Crippen LogP contribution >= 0.6 is 11.6 Å². The van der Waals surface area contributed by atoms with Gasteiger partial charge >= 0.3 is 5.97 Å². The zero-order valence-electron chi connectivity index (χ0n) is 18.8. The fourth-order valence-electron chi connectivity index (χ4n) is 4.99. The number of nitrogens with zero attached hydrogens (tertiary/aromatic N) is 2. The van der Waals surface area contributed by atoms with Crippen LogP contribution in [0.3, 0.4) is 0 Å². The molecule has 180 valence electrons. The number of hydrogen-bond acceptors (Lipinski definition) is 3. The van der Waals surface area contributed by atoms with Crippen molar-refractivity contribution in [2.24, 2.45) is 0 Å². The summed E-state index contributed by atoms with van der Waals surface area (Å²) in [6.07, 6.45) is 1.74. The van der Waals surface area contributed by atoms with Gasteiger partial charge in [0.05, 0.1) is 6.04 Å². The Kier molecular flexibility index (Phi) is 6.56. The lowest BCUT2D eigenvalue weighted by Gasteiger charge is -2.41. The van der Waals surface area contributed by atoms with E-state index in [0.717, 1.165) is 22.0 Å². The van der Waals surface area contributed by atoms with E-state index in [9.17, 15) is 18.7 Å². The number of nitrogens with one attached hydrogen (secondary N) is 1. The van der Waals surface area contributed by atoms with Gasteiger partial charge < -0.3 is 10.1 Å². The number of piperazine rings is 1. The van der Waals surface area contributed by atoms with Crippen LogP contribution in [0.2, 0.25) is 5.02 Å². The second kappa shape index (κ2) is 9.77. The largest absolute Gasteiger partial charge is 0.480 e. The number of aromatic nitrogens is 1. The van der Waals surface area contributed by atoms with E-state index in [-0.39, 0.29) is 17.7 Å². The Balaban J connectivity index is 1.40. The third-order valence-corrected chi connectivity index (χ3v) is 6.89. The molecule has 0 saturated carbocycles. The Hall–Kier alpha value is -3.26. The number of carboxylic acid groups (broad SMARTS) is 1. The molecule has 5 nitrogen and oxygen atoms in total.